The van der Waals surface area contributed by atoms with Crippen LogP contribution in [0.3, 0.4) is 0 Å². The molecule has 2 amide bonds. The van der Waals surface area contributed by atoms with E-state index in [9.17, 15) is 9.59 Å². The van der Waals surface area contributed by atoms with Gasteiger partial charge in [-0.05, 0) is 63.2 Å². The van der Waals surface area contributed by atoms with Crippen molar-refractivity contribution in [2.75, 3.05) is 50.1 Å². The van der Waals surface area contributed by atoms with Crippen LogP contribution >= 0.6 is 0 Å². The third-order valence-corrected chi connectivity index (χ3v) is 5.95. The van der Waals surface area contributed by atoms with Gasteiger partial charge in [0.15, 0.2) is 12.7 Å². The maximum Gasteiger partial charge on any atom is 0.267 e. The van der Waals surface area contributed by atoms with E-state index in [0.29, 0.717) is 35.2 Å². The third kappa shape index (κ3) is 5.76. The highest BCUT2D eigenvalue weighted by atomic mass is 16.5. The van der Waals surface area contributed by atoms with E-state index in [2.05, 4.69) is 10.2 Å². The highest BCUT2D eigenvalue weighted by Crippen LogP contribution is 2.36. The summed E-state index contributed by atoms with van der Waals surface area (Å²) < 4.78 is 16.5. The van der Waals surface area contributed by atoms with E-state index in [1.165, 1.54) is 19.3 Å². The Kier molecular flexibility index (Phi) is 7.34. The number of nitrogens with zero attached hydrogens (tertiary/aromatic N) is 2. The van der Waals surface area contributed by atoms with Crippen molar-refractivity contribution in [1.29, 1.82) is 0 Å². The summed E-state index contributed by atoms with van der Waals surface area (Å²) in [5, 5.41) is 2.84. The number of hydrogen-bond acceptors (Lipinski definition) is 6. The number of piperidine rings is 1. The van der Waals surface area contributed by atoms with Crippen LogP contribution in [0.2, 0.25) is 0 Å². The lowest BCUT2D eigenvalue weighted by molar-refractivity contribution is -0.125. The third-order valence-electron chi connectivity index (χ3n) is 5.95. The number of rotatable bonds is 8. The summed E-state index contributed by atoms with van der Waals surface area (Å²) >= 11 is 0. The molecule has 1 fully saturated rings. The monoisotopic (exact) mass is 453 g/mol. The number of amides is 2. The molecule has 2 aromatic rings. The topological polar surface area (TPSA) is 80.3 Å². The van der Waals surface area contributed by atoms with E-state index in [1.807, 2.05) is 0 Å². The average Bonchev–Trinajstić information content (AvgIpc) is 2.84. The number of nitrogens with one attached hydrogen (secondary N) is 1. The average molecular weight is 454 g/mol. The SMILES string of the molecule is COc1cccc(OCC(=O)Nc2ccc3c(c2)N(CCN2CCCCC2)C(=O)C(C)O3)c1. The lowest BCUT2D eigenvalue weighted by Crippen LogP contribution is -2.48. The smallest absolute Gasteiger partial charge is 0.267 e. The maximum absolute atomic E-state index is 12.9. The first kappa shape index (κ1) is 22.9. The molecule has 2 aliphatic heterocycles. The highest BCUT2D eigenvalue weighted by molar-refractivity contribution is 6.01. The summed E-state index contributed by atoms with van der Waals surface area (Å²) in [4.78, 5) is 29.5. The Morgan fingerprint density at radius 2 is 1.88 bits per heavy atom. The Bertz CT molecular complexity index is 990. The molecule has 0 saturated carbocycles. The van der Waals surface area contributed by atoms with Crippen molar-refractivity contribution in [2.24, 2.45) is 0 Å². The molecule has 1 atom stereocenters. The molecule has 176 valence electrons. The van der Waals surface area contributed by atoms with E-state index in [1.54, 1.807) is 61.4 Å². The van der Waals surface area contributed by atoms with Crippen LogP contribution in [0.4, 0.5) is 11.4 Å². The number of carbonyl (C=O) groups is 2. The van der Waals surface area contributed by atoms with Crippen LogP contribution in [-0.2, 0) is 9.59 Å². The van der Waals surface area contributed by atoms with Gasteiger partial charge >= 0.3 is 0 Å². The minimum Gasteiger partial charge on any atom is -0.497 e. The van der Waals surface area contributed by atoms with Crippen molar-refractivity contribution in [1.82, 2.24) is 4.90 Å². The fraction of sp³-hybridized carbons (Fsp3) is 0.440. The molecule has 0 aromatic heterocycles. The molecule has 0 aliphatic carbocycles. The van der Waals surface area contributed by atoms with Crippen molar-refractivity contribution in [3.05, 3.63) is 42.5 Å². The van der Waals surface area contributed by atoms with Crippen LogP contribution in [0, 0.1) is 0 Å². The molecule has 4 rings (SSSR count). The van der Waals surface area contributed by atoms with Gasteiger partial charge in [0.05, 0.1) is 12.8 Å². The molecular weight excluding hydrogens is 422 g/mol. The number of anilines is 2. The fourth-order valence-electron chi connectivity index (χ4n) is 4.18. The summed E-state index contributed by atoms with van der Waals surface area (Å²) in [6.07, 6.45) is 3.16. The van der Waals surface area contributed by atoms with Crippen LogP contribution in [0.25, 0.3) is 0 Å². The number of fused-ring (bicyclic) bond motifs is 1. The van der Waals surface area contributed by atoms with Gasteiger partial charge < -0.3 is 29.3 Å². The number of carbonyl (C=O) groups excluding carboxylic acids is 2. The molecule has 1 unspecified atom stereocenters. The fourth-order valence-corrected chi connectivity index (χ4v) is 4.18. The maximum atomic E-state index is 12.9. The predicted octanol–water partition coefficient (Wildman–Crippen LogP) is 3.31. The summed E-state index contributed by atoms with van der Waals surface area (Å²) in [7, 11) is 1.58. The van der Waals surface area contributed by atoms with Crippen LogP contribution in [0.5, 0.6) is 17.2 Å². The molecule has 8 nitrogen and oxygen atoms in total. The standard InChI is InChI=1S/C25H31N3O5/c1-18-25(30)28(14-13-27-11-4-3-5-12-27)22-15-19(9-10-23(22)33-18)26-24(29)17-32-21-8-6-7-20(16-21)31-2/h6-10,15-16,18H,3-5,11-14,17H2,1-2H3,(H,26,29). The van der Waals surface area contributed by atoms with E-state index in [0.717, 1.165) is 19.6 Å². The zero-order valence-electron chi connectivity index (χ0n) is 19.2. The zero-order valence-corrected chi connectivity index (χ0v) is 19.2. The van der Waals surface area contributed by atoms with Crippen molar-refractivity contribution in [3.63, 3.8) is 0 Å². The van der Waals surface area contributed by atoms with Gasteiger partial charge in [0, 0.05) is 24.8 Å². The lowest BCUT2D eigenvalue weighted by Gasteiger charge is -2.35. The summed E-state index contributed by atoms with van der Waals surface area (Å²) in [5.74, 6) is 1.49. The van der Waals surface area contributed by atoms with Crippen LogP contribution < -0.4 is 24.4 Å². The molecule has 0 radical (unpaired) electrons. The molecule has 1 saturated heterocycles. The predicted molar refractivity (Wildman–Crippen MR) is 126 cm³/mol. The van der Waals surface area contributed by atoms with Crippen molar-refractivity contribution in [3.8, 4) is 17.2 Å². The van der Waals surface area contributed by atoms with Gasteiger partial charge in [0.1, 0.15) is 17.2 Å². The van der Waals surface area contributed by atoms with Crippen LogP contribution in [0.1, 0.15) is 26.2 Å². The van der Waals surface area contributed by atoms with Gasteiger partial charge in [-0.2, -0.15) is 0 Å². The van der Waals surface area contributed by atoms with Gasteiger partial charge in [-0.3, -0.25) is 9.59 Å². The van der Waals surface area contributed by atoms with Gasteiger partial charge in [-0.15, -0.1) is 0 Å². The first-order valence-electron chi connectivity index (χ1n) is 11.4. The first-order valence-corrected chi connectivity index (χ1v) is 11.4. The summed E-state index contributed by atoms with van der Waals surface area (Å²) in [6, 6.07) is 12.4. The molecule has 8 heteroatoms. The Balaban J connectivity index is 1.41. The Hall–Kier alpha value is -3.26. The minimum absolute atomic E-state index is 0.0654. The number of likely N-dealkylation sites (tertiary alicyclic amines) is 1. The first-order chi connectivity index (χ1) is 16.0. The summed E-state index contributed by atoms with van der Waals surface area (Å²) in [5.41, 5.74) is 1.27. The normalized spacial score (nSPS) is 18.3. The Morgan fingerprint density at radius 3 is 2.67 bits per heavy atom. The van der Waals surface area contributed by atoms with Gasteiger partial charge in [-0.25, -0.2) is 0 Å². The van der Waals surface area contributed by atoms with Crippen molar-refractivity contribution in [2.45, 2.75) is 32.3 Å². The van der Waals surface area contributed by atoms with Crippen molar-refractivity contribution >= 4 is 23.2 Å². The second-order valence-electron chi connectivity index (χ2n) is 8.35. The second-order valence-corrected chi connectivity index (χ2v) is 8.35. The second kappa shape index (κ2) is 10.6. The molecule has 2 heterocycles. The van der Waals surface area contributed by atoms with Crippen LogP contribution in [-0.4, -0.2) is 62.7 Å². The summed E-state index contributed by atoms with van der Waals surface area (Å²) in [6.45, 7) is 5.19. The quantitative estimate of drug-likeness (QED) is 0.661. The number of hydrogen-bond donors (Lipinski definition) is 1. The van der Waals surface area contributed by atoms with Crippen LogP contribution in [0.15, 0.2) is 42.5 Å². The van der Waals surface area contributed by atoms with Gasteiger partial charge in [0.2, 0.25) is 0 Å². The largest absolute Gasteiger partial charge is 0.497 e. The highest BCUT2D eigenvalue weighted by Gasteiger charge is 2.32. The van der Waals surface area contributed by atoms with Crippen molar-refractivity contribution < 1.29 is 23.8 Å². The van der Waals surface area contributed by atoms with E-state index < -0.39 is 6.10 Å². The minimum atomic E-state index is -0.532. The van der Waals surface area contributed by atoms with E-state index in [4.69, 9.17) is 14.2 Å². The number of methoxy groups -OCH3 is 1. The Morgan fingerprint density at radius 1 is 1.09 bits per heavy atom. The molecule has 1 N–H and O–H groups in total. The molecule has 0 spiro atoms. The molecule has 2 aromatic carbocycles. The molecular formula is C25H31N3O5. The van der Waals surface area contributed by atoms with E-state index in [-0.39, 0.29) is 18.4 Å². The Labute approximate surface area is 194 Å². The number of benzene rings is 2. The van der Waals surface area contributed by atoms with Gasteiger partial charge in [-0.1, -0.05) is 12.5 Å². The van der Waals surface area contributed by atoms with Gasteiger partial charge in [0.25, 0.3) is 11.8 Å². The van der Waals surface area contributed by atoms with E-state index >= 15 is 0 Å². The molecule has 0 bridgehead atoms. The molecule has 33 heavy (non-hydrogen) atoms. The number of ether oxygens (including phenoxy) is 3. The molecule has 2 aliphatic rings. The zero-order chi connectivity index (χ0) is 23.2. The lowest BCUT2D eigenvalue weighted by atomic mass is 10.1.